The van der Waals surface area contributed by atoms with Gasteiger partial charge in [0, 0.05) is 38.8 Å². The second kappa shape index (κ2) is 6.98. The van der Waals surface area contributed by atoms with Crippen LogP contribution in [0.3, 0.4) is 0 Å². The average Bonchev–Trinajstić information content (AvgIpc) is 3.23. The molecule has 2 aromatic rings. The summed E-state index contributed by atoms with van der Waals surface area (Å²) in [5.41, 5.74) is 1.93. The zero-order valence-corrected chi connectivity index (χ0v) is 13.7. The summed E-state index contributed by atoms with van der Waals surface area (Å²) in [5.74, 6) is 0. The van der Waals surface area contributed by atoms with E-state index in [9.17, 15) is 5.11 Å². The predicted octanol–water partition coefficient (Wildman–Crippen LogP) is 0.145. The van der Waals surface area contributed by atoms with Gasteiger partial charge < -0.3 is 9.84 Å². The van der Waals surface area contributed by atoms with Crippen LogP contribution in [0, 0.1) is 0 Å². The second-order valence-electron chi connectivity index (χ2n) is 6.47. The number of β-amino-alcohol motifs (C(OH)–C–C–N with tert-alkyl or cyclic N) is 1. The van der Waals surface area contributed by atoms with E-state index in [1.807, 2.05) is 36.5 Å². The number of nitrogens with zero attached hydrogens (tertiary/aromatic N) is 5. The van der Waals surface area contributed by atoms with Gasteiger partial charge in [0.1, 0.15) is 0 Å². The molecule has 2 aliphatic rings. The van der Waals surface area contributed by atoms with Crippen LogP contribution in [0.1, 0.15) is 5.69 Å². The number of aliphatic hydroxyl groups is 1. The first-order valence-electron chi connectivity index (χ1n) is 8.48. The summed E-state index contributed by atoms with van der Waals surface area (Å²) < 4.78 is 7.20. The molecule has 0 unspecified atom stereocenters. The fourth-order valence-corrected chi connectivity index (χ4v) is 3.55. The van der Waals surface area contributed by atoms with Gasteiger partial charge in [0.2, 0.25) is 0 Å². The van der Waals surface area contributed by atoms with Crippen molar-refractivity contribution < 1.29 is 9.84 Å². The minimum absolute atomic E-state index is 0.193. The first-order valence-corrected chi connectivity index (χ1v) is 8.48. The molecule has 1 aromatic carbocycles. The van der Waals surface area contributed by atoms with Crippen LogP contribution in [0.25, 0.3) is 5.69 Å². The second-order valence-corrected chi connectivity index (χ2v) is 6.47. The lowest BCUT2D eigenvalue weighted by molar-refractivity contribution is -0.00618. The minimum atomic E-state index is -0.313. The standard InChI is InChI=1S/C17H23N5O2/c23-17-13-20(12-16(17)21-6-8-24-9-7-21)10-14-11-22(19-18-14)15-4-2-1-3-5-15/h1-5,11,16-17,23H,6-10,12-13H2/t16-,17-/m1/s1. The first kappa shape index (κ1) is 15.7. The maximum absolute atomic E-state index is 10.4. The topological polar surface area (TPSA) is 66.7 Å². The lowest BCUT2D eigenvalue weighted by atomic mass is 10.2. The third-order valence-electron chi connectivity index (χ3n) is 4.80. The monoisotopic (exact) mass is 329 g/mol. The molecule has 4 rings (SSSR count). The Bertz CT molecular complexity index is 656. The molecule has 0 aliphatic carbocycles. The van der Waals surface area contributed by atoms with Crippen LogP contribution < -0.4 is 0 Å². The lowest BCUT2D eigenvalue weighted by Gasteiger charge is -2.33. The Balaban J connectivity index is 1.38. The van der Waals surface area contributed by atoms with Crippen molar-refractivity contribution in [1.29, 1.82) is 0 Å². The van der Waals surface area contributed by atoms with Crippen molar-refractivity contribution in [3.8, 4) is 5.69 Å². The van der Waals surface area contributed by atoms with Gasteiger partial charge in [-0.15, -0.1) is 5.10 Å². The molecule has 0 spiro atoms. The summed E-state index contributed by atoms with van der Waals surface area (Å²) >= 11 is 0. The van der Waals surface area contributed by atoms with Crippen molar-refractivity contribution in [2.75, 3.05) is 39.4 Å². The van der Waals surface area contributed by atoms with E-state index in [0.717, 1.165) is 44.2 Å². The molecule has 3 heterocycles. The van der Waals surface area contributed by atoms with E-state index in [4.69, 9.17) is 4.74 Å². The summed E-state index contributed by atoms with van der Waals surface area (Å²) in [4.78, 5) is 4.60. The van der Waals surface area contributed by atoms with Gasteiger partial charge in [-0.05, 0) is 12.1 Å². The van der Waals surface area contributed by atoms with Gasteiger partial charge in [0.15, 0.2) is 0 Å². The first-order chi connectivity index (χ1) is 11.8. The molecule has 1 N–H and O–H groups in total. The van der Waals surface area contributed by atoms with Crippen LogP contribution in [0.5, 0.6) is 0 Å². The average molecular weight is 329 g/mol. The van der Waals surface area contributed by atoms with E-state index in [2.05, 4.69) is 20.1 Å². The van der Waals surface area contributed by atoms with Crippen molar-refractivity contribution in [1.82, 2.24) is 24.8 Å². The van der Waals surface area contributed by atoms with Gasteiger partial charge in [-0.3, -0.25) is 9.80 Å². The van der Waals surface area contributed by atoms with Crippen molar-refractivity contribution in [2.24, 2.45) is 0 Å². The summed E-state index contributed by atoms with van der Waals surface area (Å²) in [7, 11) is 0. The van der Waals surface area contributed by atoms with E-state index < -0.39 is 0 Å². The molecular weight excluding hydrogens is 306 g/mol. The Morgan fingerprint density at radius 2 is 1.92 bits per heavy atom. The zero-order valence-electron chi connectivity index (χ0n) is 13.7. The molecule has 2 atom stereocenters. The molecule has 1 aromatic heterocycles. The molecule has 0 amide bonds. The molecule has 24 heavy (non-hydrogen) atoms. The van der Waals surface area contributed by atoms with E-state index in [-0.39, 0.29) is 12.1 Å². The number of rotatable bonds is 4. The molecule has 7 heteroatoms. The summed E-state index contributed by atoms with van der Waals surface area (Å²) in [6, 6.07) is 10.2. The van der Waals surface area contributed by atoms with Crippen LogP contribution >= 0.6 is 0 Å². The Morgan fingerprint density at radius 3 is 2.71 bits per heavy atom. The number of para-hydroxylation sites is 1. The fourth-order valence-electron chi connectivity index (χ4n) is 3.55. The Labute approximate surface area is 141 Å². The normalized spacial score (nSPS) is 26.0. The maximum atomic E-state index is 10.4. The largest absolute Gasteiger partial charge is 0.390 e. The highest BCUT2D eigenvalue weighted by atomic mass is 16.5. The van der Waals surface area contributed by atoms with Crippen LogP contribution in [0.2, 0.25) is 0 Å². The quantitative estimate of drug-likeness (QED) is 0.861. The van der Waals surface area contributed by atoms with Gasteiger partial charge in [-0.1, -0.05) is 23.4 Å². The molecule has 2 aliphatic heterocycles. The molecule has 0 saturated carbocycles. The Kier molecular flexibility index (Phi) is 4.57. The fraction of sp³-hybridized carbons (Fsp3) is 0.529. The number of aliphatic hydroxyl groups excluding tert-OH is 1. The molecule has 128 valence electrons. The van der Waals surface area contributed by atoms with Gasteiger partial charge in [-0.25, -0.2) is 4.68 Å². The van der Waals surface area contributed by atoms with Crippen LogP contribution in [0.4, 0.5) is 0 Å². The minimum Gasteiger partial charge on any atom is -0.390 e. The summed E-state index contributed by atoms with van der Waals surface area (Å²) in [6.07, 6.45) is 1.65. The number of ether oxygens (including phenoxy) is 1. The molecule has 2 saturated heterocycles. The number of hydrogen-bond donors (Lipinski definition) is 1. The zero-order chi connectivity index (χ0) is 16.4. The lowest BCUT2D eigenvalue weighted by Crippen LogP contribution is -2.48. The highest BCUT2D eigenvalue weighted by Gasteiger charge is 2.36. The third-order valence-corrected chi connectivity index (χ3v) is 4.80. The molecule has 0 radical (unpaired) electrons. The highest BCUT2D eigenvalue weighted by molar-refractivity contribution is 5.29. The van der Waals surface area contributed by atoms with E-state index in [1.165, 1.54) is 0 Å². The highest BCUT2D eigenvalue weighted by Crippen LogP contribution is 2.19. The SMILES string of the molecule is O[C@@H]1CN(Cc2cn(-c3ccccc3)nn2)C[C@H]1N1CCOCC1. The van der Waals surface area contributed by atoms with Gasteiger partial charge in [0.25, 0.3) is 0 Å². The van der Waals surface area contributed by atoms with E-state index in [1.54, 1.807) is 4.68 Å². The van der Waals surface area contributed by atoms with Crippen molar-refractivity contribution >= 4 is 0 Å². The number of morpholine rings is 1. The molecule has 2 fully saturated rings. The number of likely N-dealkylation sites (tertiary alicyclic amines) is 1. The predicted molar refractivity (Wildman–Crippen MR) is 88.8 cm³/mol. The molecule has 0 bridgehead atoms. The Morgan fingerprint density at radius 1 is 1.12 bits per heavy atom. The van der Waals surface area contributed by atoms with Crippen LogP contribution in [-0.4, -0.2) is 81.4 Å². The third kappa shape index (κ3) is 3.34. The molecule has 7 nitrogen and oxygen atoms in total. The van der Waals surface area contributed by atoms with Crippen molar-refractivity contribution in [2.45, 2.75) is 18.7 Å². The van der Waals surface area contributed by atoms with E-state index >= 15 is 0 Å². The summed E-state index contributed by atoms with van der Waals surface area (Å²) in [5, 5.41) is 18.9. The van der Waals surface area contributed by atoms with Gasteiger partial charge in [0.05, 0.1) is 36.9 Å². The van der Waals surface area contributed by atoms with Gasteiger partial charge >= 0.3 is 0 Å². The Hall–Kier alpha value is -1.80. The van der Waals surface area contributed by atoms with Crippen LogP contribution in [0.15, 0.2) is 36.5 Å². The maximum Gasteiger partial charge on any atom is 0.0971 e. The summed E-state index contributed by atoms with van der Waals surface area (Å²) in [6.45, 7) is 5.58. The number of aromatic nitrogens is 3. The molecular formula is C17H23N5O2. The van der Waals surface area contributed by atoms with E-state index in [0.29, 0.717) is 13.1 Å². The number of benzene rings is 1. The van der Waals surface area contributed by atoms with Crippen molar-refractivity contribution in [3.05, 3.63) is 42.2 Å². The van der Waals surface area contributed by atoms with Crippen LogP contribution in [-0.2, 0) is 11.3 Å². The van der Waals surface area contributed by atoms with Gasteiger partial charge in [-0.2, -0.15) is 0 Å². The van der Waals surface area contributed by atoms with Crippen molar-refractivity contribution in [3.63, 3.8) is 0 Å². The number of hydrogen-bond acceptors (Lipinski definition) is 6. The smallest absolute Gasteiger partial charge is 0.0971 e.